The lowest BCUT2D eigenvalue weighted by atomic mass is 9.77. The van der Waals surface area contributed by atoms with Crippen molar-refractivity contribution in [3.8, 4) is 6.07 Å². The summed E-state index contributed by atoms with van der Waals surface area (Å²) in [7, 11) is 2.25. The summed E-state index contributed by atoms with van der Waals surface area (Å²) in [6.45, 7) is 8.14. The van der Waals surface area contributed by atoms with Crippen LogP contribution in [0.25, 0.3) is 0 Å². The zero-order valence-electron chi connectivity index (χ0n) is 13.5. The molecule has 0 aromatic heterocycles. The Balaban J connectivity index is 1.95. The lowest BCUT2D eigenvalue weighted by Crippen LogP contribution is -2.47. The van der Waals surface area contributed by atoms with E-state index in [0.717, 1.165) is 18.9 Å². The lowest BCUT2D eigenvalue weighted by Gasteiger charge is -2.40. The van der Waals surface area contributed by atoms with Crippen LogP contribution >= 0.6 is 0 Å². The Kier molecular flexibility index (Phi) is 5.86. The molecule has 3 heteroatoms. The summed E-state index contributed by atoms with van der Waals surface area (Å²) in [6.07, 6.45) is 7.53. The van der Waals surface area contributed by atoms with Crippen LogP contribution in [0.2, 0.25) is 0 Å². The zero-order chi connectivity index (χ0) is 14.5. The quantitative estimate of drug-likeness (QED) is 0.773. The van der Waals surface area contributed by atoms with Gasteiger partial charge in [-0.15, -0.1) is 0 Å². The third-order valence-electron chi connectivity index (χ3n) is 5.64. The average Bonchev–Trinajstić information content (AvgIpc) is 2.93. The second-order valence-corrected chi connectivity index (χ2v) is 6.75. The number of nitriles is 1. The highest BCUT2D eigenvalue weighted by atomic mass is 15.2. The molecule has 1 saturated heterocycles. The minimum absolute atomic E-state index is 0.249. The molecular weight excluding hydrogens is 246 g/mol. The summed E-state index contributed by atoms with van der Waals surface area (Å²) < 4.78 is 0. The van der Waals surface area contributed by atoms with Gasteiger partial charge in [0, 0.05) is 18.6 Å². The van der Waals surface area contributed by atoms with Gasteiger partial charge in [0.25, 0.3) is 0 Å². The van der Waals surface area contributed by atoms with Crippen LogP contribution in [0.1, 0.15) is 52.4 Å². The number of hydrogen-bond acceptors (Lipinski definition) is 3. The fraction of sp³-hybridized carbons (Fsp3) is 0.941. The predicted octanol–water partition coefficient (Wildman–Crippen LogP) is 3.12. The van der Waals surface area contributed by atoms with Crippen LogP contribution in [0.15, 0.2) is 0 Å². The van der Waals surface area contributed by atoms with Gasteiger partial charge in [-0.3, -0.25) is 4.90 Å². The summed E-state index contributed by atoms with van der Waals surface area (Å²) in [6, 6.07) is 3.77. The highest BCUT2D eigenvalue weighted by Crippen LogP contribution is 2.34. The Labute approximate surface area is 124 Å². The van der Waals surface area contributed by atoms with Crippen LogP contribution in [0.5, 0.6) is 0 Å². The number of hydrogen-bond donors (Lipinski definition) is 0. The maximum atomic E-state index is 9.44. The van der Waals surface area contributed by atoms with Crippen molar-refractivity contribution in [1.29, 1.82) is 5.26 Å². The van der Waals surface area contributed by atoms with Gasteiger partial charge in [0.1, 0.15) is 0 Å². The van der Waals surface area contributed by atoms with Crippen LogP contribution < -0.4 is 0 Å². The van der Waals surface area contributed by atoms with Crippen LogP contribution in [0.3, 0.4) is 0 Å². The van der Waals surface area contributed by atoms with E-state index < -0.39 is 0 Å². The number of nitrogens with zero attached hydrogens (tertiary/aromatic N) is 3. The Morgan fingerprint density at radius 1 is 1.25 bits per heavy atom. The van der Waals surface area contributed by atoms with Gasteiger partial charge in [-0.25, -0.2) is 0 Å². The van der Waals surface area contributed by atoms with Gasteiger partial charge in [-0.1, -0.05) is 20.3 Å². The molecule has 0 amide bonds. The van der Waals surface area contributed by atoms with Crippen molar-refractivity contribution >= 4 is 0 Å². The van der Waals surface area contributed by atoms with E-state index in [1.807, 2.05) is 0 Å². The fourth-order valence-electron chi connectivity index (χ4n) is 4.23. The first-order chi connectivity index (χ1) is 9.69. The Bertz CT molecular complexity index is 336. The minimum Gasteiger partial charge on any atom is -0.301 e. The number of likely N-dealkylation sites (tertiary alicyclic amines) is 1. The standard InChI is InChI=1S/C17H31N3/c1-4-14-8-9-15(12-18)17(11-14)19(3)13-16-7-6-10-20(16)5-2/h14-17H,4-11,13H2,1-3H3. The van der Waals surface area contributed by atoms with Crippen molar-refractivity contribution in [2.45, 2.75) is 64.5 Å². The zero-order valence-corrected chi connectivity index (χ0v) is 13.5. The highest BCUT2D eigenvalue weighted by molar-refractivity contribution is 4.97. The average molecular weight is 277 g/mol. The Hall–Kier alpha value is -0.590. The number of rotatable bonds is 5. The van der Waals surface area contributed by atoms with Crippen LogP contribution in [0.4, 0.5) is 0 Å². The summed E-state index contributed by atoms with van der Waals surface area (Å²) in [5.74, 6) is 1.08. The van der Waals surface area contributed by atoms with Gasteiger partial charge in [0.15, 0.2) is 0 Å². The molecule has 2 rings (SSSR count). The van der Waals surface area contributed by atoms with E-state index in [2.05, 4.69) is 36.8 Å². The summed E-state index contributed by atoms with van der Waals surface area (Å²) in [4.78, 5) is 5.12. The SMILES string of the molecule is CCC1CCC(C#N)C(N(C)CC2CCCN2CC)C1. The molecule has 0 spiro atoms. The summed E-state index contributed by atoms with van der Waals surface area (Å²) >= 11 is 0. The monoisotopic (exact) mass is 277 g/mol. The minimum atomic E-state index is 0.249. The van der Waals surface area contributed by atoms with E-state index in [1.165, 1.54) is 45.2 Å². The van der Waals surface area contributed by atoms with Crippen molar-refractivity contribution in [2.24, 2.45) is 11.8 Å². The molecule has 3 nitrogen and oxygen atoms in total. The predicted molar refractivity (Wildman–Crippen MR) is 83.4 cm³/mol. The Morgan fingerprint density at radius 2 is 2.05 bits per heavy atom. The van der Waals surface area contributed by atoms with E-state index >= 15 is 0 Å². The van der Waals surface area contributed by atoms with E-state index in [4.69, 9.17) is 0 Å². The first-order valence-corrected chi connectivity index (χ1v) is 8.53. The lowest BCUT2D eigenvalue weighted by molar-refractivity contribution is 0.0960. The maximum absolute atomic E-state index is 9.44. The van der Waals surface area contributed by atoms with Crippen molar-refractivity contribution in [3.63, 3.8) is 0 Å². The molecule has 0 N–H and O–H groups in total. The van der Waals surface area contributed by atoms with Gasteiger partial charge >= 0.3 is 0 Å². The molecule has 1 heterocycles. The van der Waals surface area contributed by atoms with E-state index in [9.17, 15) is 5.26 Å². The molecular formula is C17H31N3. The summed E-state index contributed by atoms with van der Waals surface area (Å²) in [5, 5.41) is 9.44. The van der Waals surface area contributed by atoms with Gasteiger partial charge in [-0.2, -0.15) is 5.26 Å². The molecule has 2 aliphatic rings. The molecule has 1 aliphatic heterocycles. The fourth-order valence-corrected chi connectivity index (χ4v) is 4.23. The third kappa shape index (κ3) is 3.54. The van der Waals surface area contributed by atoms with Gasteiger partial charge in [0.2, 0.25) is 0 Å². The smallest absolute Gasteiger partial charge is 0.0672 e. The van der Waals surface area contributed by atoms with Crippen LogP contribution in [-0.2, 0) is 0 Å². The van der Waals surface area contributed by atoms with Crippen molar-refractivity contribution < 1.29 is 0 Å². The highest BCUT2D eigenvalue weighted by Gasteiger charge is 2.34. The van der Waals surface area contributed by atoms with Gasteiger partial charge < -0.3 is 4.90 Å². The first-order valence-electron chi connectivity index (χ1n) is 8.53. The Morgan fingerprint density at radius 3 is 2.70 bits per heavy atom. The van der Waals surface area contributed by atoms with Crippen LogP contribution in [0, 0.1) is 23.2 Å². The molecule has 1 aliphatic carbocycles. The van der Waals surface area contributed by atoms with E-state index in [1.54, 1.807) is 0 Å². The van der Waals surface area contributed by atoms with Crippen molar-refractivity contribution in [3.05, 3.63) is 0 Å². The molecule has 2 fully saturated rings. The van der Waals surface area contributed by atoms with Crippen molar-refractivity contribution in [2.75, 3.05) is 26.7 Å². The molecule has 20 heavy (non-hydrogen) atoms. The molecule has 1 saturated carbocycles. The molecule has 0 radical (unpaired) electrons. The maximum Gasteiger partial charge on any atom is 0.0672 e. The molecule has 4 unspecified atom stereocenters. The first kappa shape index (κ1) is 15.8. The molecule has 0 aromatic rings. The van der Waals surface area contributed by atoms with E-state index in [0.29, 0.717) is 12.1 Å². The van der Waals surface area contributed by atoms with Crippen molar-refractivity contribution in [1.82, 2.24) is 9.80 Å². The second-order valence-electron chi connectivity index (χ2n) is 6.75. The molecule has 0 aromatic carbocycles. The summed E-state index contributed by atoms with van der Waals surface area (Å²) in [5.41, 5.74) is 0. The van der Waals surface area contributed by atoms with E-state index in [-0.39, 0.29) is 5.92 Å². The largest absolute Gasteiger partial charge is 0.301 e. The normalized spacial score (nSPS) is 35.4. The topological polar surface area (TPSA) is 30.3 Å². The number of likely N-dealkylation sites (N-methyl/N-ethyl adjacent to an activating group) is 2. The molecule has 4 atom stereocenters. The molecule has 0 bridgehead atoms. The van der Waals surface area contributed by atoms with Crippen LogP contribution in [-0.4, -0.2) is 48.6 Å². The molecule has 114 valence electrons. The van der Waals surface area contributed by atoms with Gasteiger partial charge in [0.05, 0.1) is 12.0 Å². The van der Waals surface area contributed by atoms with Gasteiger partial charge in [-0.05, 0) is 58.2 Å². The third-order valence-corrected chi connectivity index (χ3v) is 5.64. The second kappa shape index (κ2) is 7.43.